The van der Waals surface area contributed by atoms with Crippen LogP contribution in [0.1, 0.15) is 37.3 Å². The van der Waals surface area contributed by atoms with Gasteiger partial charge in [-0.2, -0.15) is 0 Å². The minimum Gasteiger partial charge on any atom is -0.354 e. The molecule has 5 nitrogen and oxygen atoms in total. The highest BCUT2D eigenvalue weighted by atomic mass is 32.2. The van der Waals surface area contributed by atoms with Crippen LogP contribution in [0.3, 0.4) is 0 Å². The summed E-state index contributed by atoms with van der Waals surface area (Å²) in [5.74, 6) is -0.340. The summed E-state index contributed by atoms with van der Waals surface area (Å²) < 4.78 is 0. The Labute approximate surface area is 146 Å². The van der Waals surface area contributed by atoms with E-state index in [0.717, 1.165) is 35.7 Å². The summed E-state index contributed by atoms with van der Waals surface area (Å²) in [7, 11) is 0. The van der Waals surface area contributed by atoms with Crippen molar-refractivity contribution in [3.63, 3.8) is 0 Å². The van der Waals surface area contributed by atoms with Crippen LogP contribution in [0, 0.1) is 6.92 Å². The SMILES string of the molecule is CCCCC(=O)NCCN1C(=O)S/C(=C/c2ccc(C)cc2)C1=O. The Morgan fingerprint density at radius 2 is 1.96 bits per heavy atom. The fourth-order valence-corrected chi connectivity index (χ4v) is 3.10. The highest BCUT2D eigenvalue weighted by molar-refractivity contribution is 8.18. The van der Waals surface area contributed by atoms with Gasteiger partial charge in [-0.15, -0.1) is 0 Å². The lowest BCUT2D eigenvalue weighted by atomic mass is 10.1. The van der Waals surface area contributed by atoms with Crippen molar-refractivity contribution < 1.29 is 14.4 Å². The van der Waals surface area contributed by atoms with Crippen molar-refractivity contribution in [1.82, 2.24) is 10.2 Å². The third-order valence-electron chi connectivity index (χ3n) is 3.66. The standard InChI is InChI=1S/C18H22N2O3S/c1-3-4-5-16(21)19-10-11-20-17(22)15(24-18(20)23)12-14-8-6-13(2)7-9-14/h6-9,12H,3-5,10-11H2,1-2H3,(H,19,21)/b15-12+. The fourth-order valence-electron chi connectivity index (χ4n) is 2.24. The van der Waals surface area contributed by atoms with Crippen LogP contribution in [0.4, 0.5) is 4.79 Å². The zero-order valence-electron chi connectivity index (χ0n) is 14.0. The number of hydrogen-bond donors (Lipinski definition) is 1. The quantitative estimate of drug-likeness (QED) is 0.769. The van der Waals surface area contributed by atoms with Gasteiger partial charge in [0.05, 0.1) is 4.91 Å². The van der Waals surface area contributed by atoms with Crippen LogP contribution in [0.5, 0.6) is 0 Å². The summed E-state index contributed by atoms with van der Waals surface area (Å²) in [5.41, 5.74) is 2.03. The van der Waals surface area contributed by atoms with Crippen molar-refractivity contribution in [3.8, 4) is 0 Å². The van der Waals surface area contributed by atoms with Crippen molar-refractivity contribution in [2.45, 2.75) is 33.1 Å². The number of imide groups is 1. The number of benzene rings is 1. The van der Waals surface area contributed by atoms with E-state index in [-0.39, 0.29) is 23.6 Å². The minimum atomic E-state index is -0.298. The van der Waals surface area contributed by atoms with E-state index in [1.807, 2.05) is 38.1 Å². The van der Waals surface area contributed by atoms with Gasteiger partial charge in [0, 0.05) is 19.5 Å². The number of nitrogens with one attached hydrogen (secondary N) is 1. The summed E-state index contributed by atoms with van der Waals surface area (Å²) in [5, 5.41) is 2.45. The molecule has 2 rings (SSSR count). The summed E-state index contributed by atoms with van der Waals surface area (Å²) in [6.07, 6.45) is 4.00. The predicted octanol–water partition coefficient (Wildman–Crippen LogP) is 3.34. The number of carbonyl (C=O) groups excluding carboxylic acids is 3. The first-order valence-corrected chi connectivity index (χ1v) is 8.91. The second kappa shape index (κ2) is 8.68. The third-order valence-corrected chi connectivity index (χ3v) is 4.57. The summed E-state index contributed by atoms with van der Waals surface area (Å²) in [4.78, 5) is 37.5. The second-order valence-electron chi connectivity index (χ2n) is 5.70. The average molecular weight is 346 g/mol. The molecule has 0 aliphatic carbocycles. The Balaban J connectivity index is 1.91. The van der Waals surface area contributed by atoms with E-state index in [1.165, 1.54) is 4.90 Å². The molecule has 1 saturated heterocycles. The van der Waals surface area contributed by atoms with Crippen LogP contribution in [-0.4, -0.2) is 35.0 Å². The highest BCUT2D eigenvalue weighted by Gasteiger charge is 2.34. The number of rotatable bonds is 7. The maximum absolute atomic E-state index is 12.3. The first-order valence-electron chi connectivity index (χ1n) is 8.10. The van der Waals surface area contributed by atoms with Gasteiger partial charge in [-0.3, -0.25) is 19.3 Å². The molecule has 0 atom stereocenters. The van der Waals surface area contributed by atoms with E-state index < -0.39 is 0 Å². The highest BCUT2D eigenvalue weighted by Crippen LogP contribution is 2.31. The van der Waals surface area contributed by atoms with E-state index in [4.69, 9.17) is 0 Å². The topological polar surface area (TPSA) is 66.5 Å². The first kappa shape index (κ1) is 18.3. The molecule has 3 amide bonds. The number of thioether (sulfide) groups is 1. The number of hydrogen-bond acceptors (Lipinski definition) is 4. The molecule has 1 aromatic rings. The summed E-state index contributed by atoms with van der Waals surface area (Å²) in [6.45, 7) is 4.51. The molecule has 0 aromatic heterocycles. The molecule has 0 saturated carbocycles. The van der Waals surface area contributed by atoms with Crippen molar-refractivity contribution in [2.75, 3.05) is 13.1 Å². The van der Waals surface area contributed by atoms with Crippen LogP contribution in [-0.2, 0) is 9.59 Å². The van der Waals surface area contributed by atoms with E-state index >= 15 is 0 Å². The molecule has 24 heavy (non-hydrogen) atoms. The minimum absolute atomic E-state index is 0.0426. The molecule has 1 N–H and O–H groups in total. The Morgan fingerprint density at radius 3 is 2.62 bits per heavy atom. The predicted molar refractivity (Wildman–Crippen MR) is 96.4 cm³/mol. The van der Waals surface area contributed by atoms with Crippen LogP contribution in [0.25, 0.3) is 6.08 Å². The zero-order chi connectivity index (χ0) is 17.5. The van der Waals surface area contributed by atoms with Gasteiger partial charge in [0.1, 0.15) is 0 Å². The lowest BCUT2D eigenvalue weighted by Gasteiger charge is -2.12. The molecule has 1 aliphatic rings. The Morgan fingerprint density at radius 1 is 1.25 bits per heavy atom. The molecule has 128 valence electrons. The van der Waals surface area contributed by atoms with Gasteiger partial charge in [0.15, 0.2) is 0 Å². The van der Waals surface area contributed by atoms with E-state index in [0.29, 0.717) is 17.9 Å². The molecule has 0 radical (unpaired) electrons. The smallest absolute Gasteiger partial charge is 0.293 e. The van der Waals surface area contributed by atoms with E-state index in [9.17, 15) is 14.4 Å². The summed E-state index contributed by atoms with van der Waals surface area (Å²) >= 11 is 0.939. The Hall–Kier alpha value is -2.08. The number of unbranched alkanes of at least 4 members (excludes halogenated alkanes) is 1. The molecule has 1 aliphatic heterocycles. The maximum atomic E-state index is 12.3. The third kappa shape index (κ3) is 4.96. The fraction of sp³-hybridized carbons (Fsp3) is 0.389. The number of carbonyl (C=O) groups is 3. The Bertz CT molecular complexity index is 653. The number of aryl methyl sites for hydroxylation is 1. The van der Waals surface area contributed by atoms with Crippen LogP contribution >= 0.6 is 11.8 Å². The molecule has 1 fully saturated rings. The lowest BCUT2D eigenvalue weighted by Crippen LogP contribution is -2.37. The first-order chi connectivity index (χ1) is 11.5. The van der Waals surface area contributed by atoms with Crippen molar-refractivity contribution >= 4 is 34.9 Å². The lowest BCUT2D eigenvalue weighted by molar-refractivity contribution is -0.124. The van der Waals surface area contributed by atoms with E-state index in [2.05, 4.69) is 5.32 Å². The Kier molecular flexibility index (Phi) is 6.61. The number of nitrogens with zero attached hydrogens (tertiary/aromatic N) is 1. The normalized spacial score (nSPS) is 16.1. The van der Waals surface area contributed by atoms with Gasteiger partial charge in [-0.25, -0.2) is 0 Å². The van der Waals surface area contributed by atoms with Gasteiger partial charge in [0.25, 0.3) is 11.1 Å². The average Bonchev–Trinajstić information content (AvgIpc) is 2.82. The largest absolute Gasteiger partial charge is 0.354 e. The van der Waals surface area contributed by atoms with E-state index in [1.54, 1.807) is 6.08 Å². The van der Waals surface area contributed by atoms with Gasteiger partial charge < -0.3 is 5.32 Å². The number of amides is 3. The van der Waals surface area contributed by atoms with Crippen LogP contribution in [0.2, 0.25) is 0 Å². The molecule has 0 bridgehead atoms. The molecular formula is C18H22N2O3S. The molecule has 6 heteroatoms. The van der Waals surface area contributed by atoms with Gasteiger partial charge in [0.2, 0.25) is 5.91 Å². The van der Waals surface area contributed by atoms with Crippen LogP contribution < -0.4 is 5.32 Å². The zero-order valence-corrected chi connectivity index (χ0v) is 14.8. The van der Waals surface area contributed by atoms with Gasteiger partial charge in [-0.1, -0.05) is 43.2 Å². The molecule has 1 aromatic carbocycles. The van der Waals surface area contributed by atoms with Crippen molar-refractivity contribution in [1.29, 1.82) is 0 Å². The molecular weight excluding hydrogens is 324 g/mol. The monoisotopic (exact) mass is 346 g/mol. The van der Waals surface area contributed by atoms with Crippen LogP contribution in [0.15, 0.2) is 29.2 Å². The van der Waals surface area contributed by atoms with Crippen molar-refractivity contribution in [2.24, 2.45) is 0 Å². The summed E-state index contributed by atoms with van der Waals surface area (Å²) in [6, 6.07) is 7.75. The van der Waals surface area contributed by atoms with Gasteiger partial charge >= 0.3 is 0 Å². The second-order valence-corrected chi connectivity index (χ2v) is 6.69. The van der Waals surface area contributed by atoms with Gasteiger partial charge in [-0.05, 0) is 36.7 Å². The molecule has 0 unspecified atom stereocenters. The maximum Gasteiger partial charge on any atom is 0.293 e. The van der Waals surface area contributed by atoms with Crippen molar-refractivity contribution in [3.05, 3.63) is 40.3 Å². The molecule has 0 spiro atoms. The molecule has 1 heterocycles.